The van der Waals surface area contributed by atoms with Crippen LogP contribution in [0.4, 0.5) is 11.8 Å². The maximum Gasteiger partial charge on any atom is 0.224 e. The van der Waals surface area contributed by atoms with Crippen molar-refractivity contribution in [1.82, 2.24) is 19.5 Å². The van der Waals surface area contributed by atoms with Crippen molar-refractivity contribution in [3.63, 3.8) is 0 Å². The van der Waals surface area contributed by atoms with Gasteiger partial charge in [-0.3, -0.25) is 4.57 Å². The first-order valence-electron chi connectivity index (χ1n) is 5.47. The van der Waals surface area contributed by atoms with Gasteiger partial charge in [-0.2, -0.15) is 9.97 Å². The van der Waals surface area contributed by atoms with Gasteiger partial charge in [0.2, 0.25) is 5.95 Å². The maximum absolute atomic E-state index is 8.91. The molecule has 2 aromatic heterocycles. The molecule has 10 heteroatoms. The standard InChI is InChI=1S/C9H15N7O3/c10-9-13-7(15-11)6-8(14-9)16(3-12-6)4-19-5(1-17)2-18/h3,5,17-18H,1-2,4,11H2,(H3,10,13,14,15). The van der Waals surface area contributed by atoms with Crippen LogP contribution >= 0.6 is 0 Å². The molecule has 0 fully saturated rings. The fraction of sp³-hybridized carbons (Fsp3) is 0.444. The van der Waals surface area contributed by atoms with Gasteiger partial charge in [-0.1, -0.05) is 0 Å². The number of fused-ring (bicyclic) bond motifs is 1. The first kappa shape index (κ1) is 13.4. The molecule has 0 aromatic carbocycles. The fourth-order valence-corrected chi connectivity index (χ4v) is 1.51. The van der Waals surface area contributed by atoms with Crippen molar-refractivity contribution >= 4 is 22.9 Å². The second-order valence-corrected chi connectivity index (χ2v) is 3.74. The number of rotatable bonds is 6. The van der Waals surface area contributed by atoms with Crippen molar-refractivity contribution in [3.05, 3.63) is 6.33 Å². The molecule has 2 rings (SSSR count). The lowest BCUT2D eigenvalue weighted by Gasteiger charge is -2.13. The number of nitrogens with zero attached hydrogens (tertiary/aromatic N) is 4. The van der Waals surface area contributed by atoms with Crippen LogP contribution in [0.2, 0.25) is 0 Å². The monoisotopic (exact) mass is 269 g/mol. The van der Waals surface area contributed by atoms with E-state index in [0.717, 1.165) is 0 Å². The molecule has 2 aromatic rings. The number of hydrazine groups is 1. The fourth-order valence-electron chi connectivity index (χ4n) is 1.51. The summed E-state index contributed by atoms with van der Waals surface area (Å²) in [5, 5.41) is 17.8. The maximum atomic E-state index is 8.91. The van der Waals surface area contributed by atoms with Crippen molar-refractivity contribution in [3.8, 4) is 0 Å². The Kier molecular flexibility index (Phi) is 4.06. The number of hydrogen-bond acceptors (Lipinski definition) is 9. The van der Waals surface area contributed by atoms with Gasteiger partial charge in [0.25, 0.3) is 0 Å². The Morgan fingerprint density at radius 2 is 2.11 bits per heavy atom. The normalized spacial score (nSPS) is 11.4. The minimum Gasteiger partial charge on any atom is -0.394 e. The summed E-state index contributed by atoms with van der Waals surface area (Å²) in [6, 6.07) is 0. The van der Waals surface area contributed by atoms with Crippen LogP contribution in [-0.4, -0.2) is 49.0 Å². The lowest BCUT2D eigenvalue weighted by atomic mass is 10.4. The summed E-state index contributed by atoms with van der Waals surface area (Å²) >= 11 is 0. The highest BCUT2D eigenvalue weighted by Crippen LogP contribution is 2.18. The second-order valence-electron chi connectivity index (χ2n) is 3.74. The van der Waals surface area contributed by atoms with Gasteiger partial charge >= 0.3 is 0 Å². The highest BCUT2D eigenvalue weighted by atomic mass is 16.5. The smallest absolute Gasteiger partial charge is 0.224 e. The zero-order chi connectivity index (χ0) is 13.8. The summed E-state index contributed by atoms with van der Waals surface area (Å²) in [6.45, 7) is -0.505. The number of anilines is 2. The quantitative estimate of drug-likeness (QED) is 0.296. The number of aliphatic hydroxyl groups excluding tert-OH is 2. The van der Waals surface area contributed by atoms with E-state index in [9.17, 15) is 0 Å². The van der Waals surface area contributed by atoms with Gasteiger partial charge in [-0.15, -0.1) is 0 Å². The first-order valence-corrected chi connectivity index (χ1v) is 5.47. The highest BCUT2D eigenvalue weighted by molar-refractivity contribution is 5.83. The molecule has 0 atom stereocenters. The number of nitrogens with one attached hydrogen (secondary N) is 1. The zero-order valence-corrected chi connectivity index (χ0v) is 10.0. The molecule has 10 nitrogen and oxygen atoms in total. The molecular weight excluding hydrogens is 254 g/mol. The lowest BCUT2D eigenvalue weighted by molar-refractivity contribution is -0.0488. The zero-order valence-electron chi connectivity index (χ0n) is 10.0. The predicted molar refractivity (Wildman–Crippen MR) is 66.6 cm³/mol. The Labute approximate surface area is 108 Å². The molecule has 0 saturated carbocycles. The van der Waals surface area contributed by atoms with Gasteiger partial charge in [0.15, 0.2) is 17.0 Å². The Balaban J connectivity index is 2.27. The number of ether oxygens (including phenoxy) is 1. The van der Waals surface area contributed by atoms with Crippen molar-refractivity contribution in [2.24, 2.45) is 5.84 Å². The topological polar surface area (TPSA) is 157 Å². The molecule has 0 aliphatic carbocycles. The summed E-state index contributed by atoms with van der Waals surface area (Å²) in [4.78, 5) is 12.0. The van der Waals surface area contributed by atoms with Gasteiger partial charge in [0, 0.05) is 0 Å². The van der Waals surface area contributed by atoms with Crippen LogP contribution in [0.5, 0.6) is 0 Å². The second kappa shape index (κ2) is 5.75. The van der Waals surface area contributed by atoms with E-state index in [0.29, 0.717) is 17.0 Å². The number of aliphatic hydroxyl groups is 2. The van der Waals surface area contributed by atoms with E-state index >= 15 is 0 Å². The third-order valence-corrected chi connectivity index (χ3v) is 2.47. The van der Waals surface area contributed by atoms with E-state index in [1.165, 1.54) is 6.33 Å². The number of nitrogens with two attached hydrogens (primary N) is 2. The number of hydrogen-bond donors (Lipinski definition) is 5. The molecule has 0 saturated heterocycles. The first-order chi connectivity index (χ1) is 9.19. The van der Waals surface area contributed by atoms with Gasteiger partial charge in [-0.05, 0) is 0 Å². The number of imidazole rings is 1. The molecule has 0 unspecified atom stereocenters. The van der Waals surface area contributed by atoms with Gasteiger partial charge < -0.3 is 26.1 Å². The van der Waals surface area contributed by atoms with E-state index in [-0.39, 0.29) is 25.9 Å². The van der Waals surface area contributed by atoms with Crippen molar-refractivity contribution in [2.45, 2.75) is 12.8 Å². The van der Waals surface area contributed by atoms with Crippen LogP contribution in [0.3, 0.4) is 0 Å². The van der Waals surface area contributed by atoms with Crippen LogP contribution in [0.1, 0.15) is 0 Å². The minimum atomic E-state index is -0.663. The van der Waals surface area contributed by atoms with Crippen LogP contribution in [-0.2, 0) is 11.5 Å². The number of aromatic nitrogens is 4. The van der Waals surface area contributed by atoms with Crippen molar-refractivity contribution < 1.29 is 14.9 Å². The summed E-state index contributed by atoms with van der Waals surface area (Å²) in [5.74, 6) is 5.67. The van der Waals surface area contributed by atoms with Crippen LogP contribution in [0.25, 0.3) is 11.2 Å². The van der Waals surface area contributed by atoms with Gasteiger partial charge in [-0.25, -0.2) is 10.8 Å². The van der Waals surface area contributed by atoms with E-state index < -0.39 is 6.10 Å². The van der Waals surface area contributed by atoms with Crippen molar-refractivity contribution in [2.75, 3.05) is 24.4 Å². The third-order valence-electron chi connectivity index (χ3n) is 2.47. The molecule has 0 radical (unpaired) electrons. The van der Waals surface area contributed by atoms with Crippen LogP contribution in [0.15, 0.2) is 6.33 Å². The Morgan fingerprint density at radius 3 is 2.74 bits per heavy atom. The SMILES string of the molecule is NNc1nc(N)nc2c1ncn2COC(CO)CO. The molecule has 19 heavy (non-hydrogen) atoms. The van der Waals surface area contributed by atoms with Crippen molar-refractivity contribution in [1.29, 1.82) is 0 Å². The average Bonchev–Trinajstić information content (AvgIpc) is 2.82. The predicted octanol–water partition coefficient (Wildman–Crippen LogP) is -1.98. The minimum absolute atomic E-state index is 0.0445. The van der Waals surface area contributed by atoms with E-state index in [1.807, 2.05) is 0 Å². The van der Waals surface area contributed by atoms with E-state index in [2.05, 4.69) is 20.4 Å². The molecule has 0 spiro atoms. The molecule has 0 amide bonds. The molecule has 104 valence electrons. The molecule has 0 bridgehead atoms. The summed E-state index contributed by atoms with van der Waals surface area (Å²) in [6.07, 6.45) is 0.814. The molecular formula is C9H15N7O3. The molecule has 0 aliphatic rings. The lowest BCUT2D eigenvalue weighted by Crippen LogP contribution is -2.23. The van der Waals surface area contributed by atoms with Gasteiger partial charge in [0.1, 0.15) is 12.8 Å². The van der Waals surface area contributed by atoms with Gasteiger partial charge in [0.05, 0.1) is 19.5 Å². The third kappa shape index (κ3) is 2.71. The average molecular weight is 269 g/mol. The highest BCUT2D eigenvalue weighted by Gasteiger charge is 2.13. The van der Waals surface area contributed by atoms with Crippen LogP contribution in [0, 0.1) is 0 Å². The molecule has 2 heterocycles. The van der Waals surface area contributed by atoms with E-state index in [1.54, 1.807) is 4.57 Å². The molecule has 7 N–H and O–H groups in total. The Hall–Kier alpha value is -2.01. The van der Waals surface area contributed by atoms with E-state index in [4.69, 9.17) is 26.5 Å². The van der Waals surface area contributed by atoms with Crippen LogP contribution < -0.4 is 17.0 Å². The summed E-state index contributed by atoms with van der Waals surface area (Å²) < 4.78 is 6.84. The summed E-state index contributed by atoms with van der Waals surface area (Å²) in [7, 11) is 0. The number of nitrogen functional groups attached to an aromatic ring is 2. The Morgan fingerprint density at radius 1 is 1.37 bits per heavy atom. The Bertz CT molecular complexity index is 554. The molecule has 0 aliphatic heterocycles. The largest absolute Gasteiger partial charge is 0.394 e. The summed E-state index contributed by atoms with van der Waals surface area (Å²) in [5.41, 5.74) is 8.83.